The van der Waals surface area contributed by atoms with Crippen LogP contribution < -0.4 is 5.32 Å². The molecule has 1 aromatic heterocycles. The number of rotatable bonds is 5. The second-order valence-electron chi connectivity index (χ2n) is 5.01. The highest BCUT2D eigenvalue weighted by molar-refractivity contribution is 5.92. The number of carbonyl (C=O) groups is 1. The van der Waals surface area contributed by atoms with E-state index in [9.17, 15) is 4.79 Å². The van der Waals surface area contributed by atoms with Gasteiger partial charge < -0.3 is 10.2 Å². The number of nitrogens with zero attached hydrogens (tertiary/aromatic N) is 3. The number of amides is 1. The summed E-state index contributed by atoms with van der Waals surface area (Å²) in [6.07, 6.45) is 9.27. The lowest BCUT2D eigenvalue weighted by molar-refractivity contribution is 0.0601. The first-order valence-corrected chi connectivity index (χ1v) is 7.24. The summed E-state index contributed by atoms with van der Waals surface area (Å²) >= 11 is 0. The minimum Gasteiger partial charge on any atom is -0.365 e. The zero-order valence-electron chi connectivity index (χ0n) is 12.0. The fourth-order valence-corrected chi connectivity index (χ4v) is 2.55. The average molecular weight is 274 g/mol. The molecule has 5 heteroatoms. The number of hydrogen-bond donors (Lipinski definition) is 1. The van der Waals surface area contributed by atoms with Gasteiger partial charge in [-0.2, -0.15) is 0 Å². The topological polar surface area (TPSA) is 58.1 Å². The lowest BCUT2D eigenvalue weighted by Crippen LogP contribution is -2.43. The maximum absolute atomic E-state index is 12.5. The summed E-state index contributed by atoms with van der Waals surface area (Å²) in [6, 6.07) is 0.344. The molecule has 0 radical (unpaired) electrons. The van der Waals surface area contributed by atoms with Gasteiger partial charge in [0.05, 0.1) is 12.4 Å². The highest BCUT2D eigenvalue weighted by Gasteiger charge is 2.26. The molecule has 1 aliphatic rings. The molecule has 5 nitrogen and oxygen atoms in total. The SMILES string of the molecule is C=CCNc1cnc(C(=O)N2CCCCC2CC)cn1. The van der Waals surface area contributed by atoms with E-state index in [1.165, 1.54) is 6.42 Å². The van der Waals surface area contributed by atoms with Crippen molar-refractivity contribution >= 4 is 11.7 Å². The van der Waals surface area contributed by atoms with Crippen LogP contribution in [-0.4, -0.2) is 39.9 Å². The summed E-state index contributed by atoms with van der Waals surface area (Å²) in [5.41, 5.74) is 0.425. The van der Waals surface area contributed by atoms with Gasteiger partial charge >= 0.3 is 0 Å². The van der Waals surface area contributed by atoms with Crippen molar-refractivity contribution in [1.29, 1.82) is 0 Å². The molecule has 1 aromatic rings. The van der Waals surface area contributed by atoms with Gasteiger partial charge in [-0.05, 0) is 25.7 Å². The molecule has 1 unspecified atom stereocenters. The Morgan fingerprint density at radius 3 is 3.00 bits per heavy atom. The average Bonchev–Trinajstić information content (AvgIpc) is 2.52. The van der Waals surface area contributed by atoms with Crippen molar-refractivity contribution < 1.29 is 4.79 Å². The molecule has 1 fully saturated rings. The van der Waals surface area contributed by atoms with Crippen LogP contribution in [0.2, 0.25) is 0 Å². The second kappa shape index (κ2) is 7.03. The van der Waals surface area contributed by atoms with Crippen molar-refractivity contribution in [2.24, 2.45) is 0 Å². The highest BCUT2D eigenvalue weighted by atomic mass is 16.2. The van der Waals surface area contributed by atoms with Gasteiger partial charge in [0.15, 0.2) is 0 Å². The van der Waals surface area contributed by atoms with Crippen LogP contribution >= 0.6 is 0 Å². The Morgan fingerprint density at radius 2 is 2.35 bits per heavy atom. The number of piperidine rings is 1. The minimum atomic E-state index is -0.000629. The predicted molar refractivity (Wildman–Crippen MR) is 79.7 cm³/mol. The number of carbonyl (C=O) groups excluding carboxylic acids is 1. The van der Waals surface area contributed by atoms with Gasteiger partial charge in [0.1, 0.15) is 11.5 Å². The highest BCUT2D eigenvalue weighted by Crippen LogP contribution is 2.21. The quantitative estimate of drug-likeness (QED) is 0.838. The van der Waals surface area contributed by atoms with Crippen molar-refractivity contribution in [3.05, 3.63) is 30.7 Å². The first kappa shape index (κ1) is 14.5. The third kappa shape index (κ3) is 3.35. The van der Waals surface area contributed by atoms with Gasteiger partial charge in [0, 0.05) is 19.1 Å². The molecule has 108 valence electrons. The number of likely N-dealkylation sites (tertiary alicyclic amines) is 1. The van der Waals surface area contributed by atoms with Crippen LogP contribution in [0, 0.1) is 0 Å². The lowest BCUT2D eigenvalue weighted by atomic mass is 10.00. The largest absolute Gasteiger partial charge is 0.365 e. The first-order valence-electron chi connectivity index (χ1n) is 7.24. The summed E-state index contributed by atoms with van der Waals surface area (Å²) in [4.78, 5) is 22.9. The van der Waals surface area contributed by atoms with Crippen LogP contribution in [0.25, 0.3) is 0 Å². The summed E-state index contributed by atoms with van der Waals surface area (Å²) in [6.45, 7) is 7.22. The molecule has 2 rings (SSSR count). The third-order valence-corrected chi connectivity index (χ3v) is 3.66. The van der Waals surface area contributed by atoms with E-state index >= 15 is 0 Å². The Kier molecular flexibility index (Phi) is 5.09. The monoisotopic (exact) mass is 274 g/mol. The van der Waals surface area contributed by atoms with Gasteiger partial charge in [-0.1, -0.05) is 13.0 Å². The van der Waals surface area contributed by atoms with Gasteiger partial charge in [0.25, 0.3) is 5.91 Å². The molecule has 1 saturated heterocycles. The van der Waals surface area contributed by atoms with Crippen LogP contribution in [0.3, 0.4) is 0 Å². The van der Waals surface area contributed by atoms with Crippen LogP contribution in [0.5, 0.6) is 0 Å². The summed E-state index contributed by atoms with van der Waals surface area (Å²) in [5.74, 6) is 0.659. The molecule has 0 aromatic carbocycles. The molecule has 20 heavy (non-hydrogen) atoms. The zero-order chi connectivity index (χ0) is 14.4. The maximum atomic E-state index is 12.5. The van der Waals surface area contributed by atoms with Crippen molar-refractivity contribution in [3.8, 4) is 0 Å². The summed E-state index contributed by atoms with van der Waals surface area (Å²) < 4.78 is 0. The van der Waals surface area contributed by atoms with E-state index in [2.05, 4.69) is 28.8 Å². The predicted octanol–water partition coefficient (Wildman–Crippen LogP) is 2.48. The fraction of sp³-hybridized carbons (Fsp3) is 0.533. The standard InChI is InChI=1S/C15H22N4O/c1-3-8-16-14-11-17-13(10-18-14)15(20)19-9-6-5-7-12(19)4-2/h3,10-12H,1,4-9H2,2H3,(H,16,18). The van der Waals surface area contributed by atoms with Crippen molar-refractivity contribution in [1.82, 2.24) is 14.9 Å². The second-order valence-corrected chi connectivity index (χ2v) is 5.01. The van der Waals surface area contributed by atoms with Crippen molar-refractivity contribution in [3.63, 3.8) is 0 Å². The molecule has 1 atom stereocenters. The Bertz CT molecular complexity index is 457. The van der Waals surface area contributed by atoms with Gasteiger partial charge in [-0.15, -0.1) is 6.58 Å². The maximum Gasteiger partial charge on any atom is 0.274 e. The molecular weight excluding hydrogens is 252 g/mol. The van der Waals surface area contributed by atoms with E-state index in [0.717, 1.165) is 25.8 Å². The van der Waals surface area contributed by atoms with E-state index in [-0.39, 0.29) is 5.91 Å². The Labute approximate surface area is 120 Å². The van der Waals surface area contributed by atoms with Crippen LogP contribution in [0.1, 0.15) is 43.1 Å². The molecule has 0 bridgehead atoms. The van der Waals surface area contributed by atoms with Gasteiger partial charge in [0.2, 0.25) is 0 Å². The Morgan fingerprint density at radius 1 is 1.50 bits per heavy atom. The van der Waals surface area contributed by atoms with E-state index in [1.54, 1.807) is 18.5 Å². The van der Waals surface area contributed by atoms with Crippen molar-refractivity contribution in [2.75, 3.05) is 18.4 Å². The summed E-state index contributed by atoms with van der Waals surface area (Å²) in [5, 5.41) is 3.04. The smallest absolute Gasteiger partial charge is 0.274 e. The lowest BCUT2D eigenvalue weighted by Gasteiger charge is -2.34. The molecule has 2 heterocycles. The number of hydrogen-bond acceptors (Lipinski definition) is 4. The van der Waals surface area contributed by atoms with E-state index in [0.29, 0.717) is 24.1 Å². The van der Waals surface area contributed by atoms with Gasteiger partial charge in [-0.25, -0.2) is 9.97 Å². The molecule has 0 aliphatic carbocycles. The third-order valence-electron chi connectivity index (χ3n) is 3.66. The molecule has 1 amide bonds. The Hall–Kier alpha value is -1.91. The van der Waals surface area contributed by atoms with Crippen LogP contribution in [-0.2, 0) is 0 Å². The fourth-order valence-electron chi connectivity index (χ4n) is 2.55. The minimum absolute atomic E-state index is 0.000629. The molecular formula is C15H22N4O. The number of anilines is 1. The van der Waals surface area contributed by atoms with E-state index in [1.807, 2.05) is 4.90 Å². The summed E-state index contributed by atoms with van der Waals surface area (Å²) in [7, 11) is 0. The molecule has 0 saturated carbocycles. The normalized spacial score (nSPS) is 18.6. The van der Waals surface area contributed by atoms with E-state index < -0.39 is 0 Å². The first-order chi connectivity index (χ1) is 9.76. The van der Waals surface area contributed by atoms with Gasteiger partial charge in [-0.3, -0.25) is 4.79 Å². The zero-order valence-corrected chi connectivity index (χ0v) is 12.0. The van der Waals surface area contributed by atoms with Crippen LogP contribution in [0.15, 0.2) is 25.0 Å². The van der Waals surface area contributed by atoms with E-state index in [4.69, 9.17) is 0 Å². The molecule has 0 spiro atoms. The van der Waals surface area contributed by atoms with Crippen molar-refractivity contribution in [2.45, 2.75) is 38.6 Å². The van der Waals surface area contributed by atoms with Crippen LogP contribution in [0.4, 0.5) is 5.82 Å². The number of nitrogens with one attached hydrogen (secondary N) is 1. The molecule has 1 N–H and O–H groups in total. The Balaban J connectivity index is 2.05. The molecule has 1 aliphatic heterocycles. The number of aromatic nitrogens is 2.